The lowest BCUT2D eigenvalue weighted by Crippen LogP contribution is -2.31. The fourth-order valence-electron chi connectivity index (χ4n) is 3.47. The number of fused-ring (bicyclic) bond motifs is 1. The molecule has 0 aliphatic carbocycles. The van der Waals surface area contributed by atoms with Gasteiger partial charge in [-0.15, -0.1) is 11.3 Å². The van der Waals surface area contributed by atoms with Crippen molar-refractivity contribution in [2.45, 2.75) is 32.4 Å². The molecule has 1 fully saturated rings. The van der Waals surface area contributed by atoms with E-state index in [0.717, 1.165) is 41.3 Å². The van der Waals surface area contributed by atoms with Crippen LogP contribution in [0.1, 0.15) is 32.8 Å². The molecule has 1 amide bonds. The molecule has 0 spiro atoms. The Bertz CT molecular complexity index is 784. The molecule has 4 nitrogen and oxygen atoms in total. The lowest BCUT2D eigenvalue weighted by atomic mass is 10.00. The van der Waals surface area contributed by atoms with E-state index in [0.29, 0.717) is 13.2 Å². The number of benzene rings is 1. The Kier molecular flexibility index (Phi) is 4.16. The number of carbonyl (C=O) groups is 1. The average Bonchev–Trinajstić information content (AvgIpc) is 3.20. The monoisotopic (exact) mass is 342 g/mol. The summed E-state index contributed by atoms with van der Waals surface area (Å²) in [7, 11) is 0. The number of ether oxygens (including phenoxy) is 1. The Morgan fingerprint density at radius 3 is 3.00 bits per heavy atom. The number of carbonyl (C=O) groups excluding carboxylic acids is 1. The normalized spacial score (nSPS) is 20.2. The minimum absolute atomic E-state index is 0.120. The van der Waals surface area contributed by atoms with E-state index >= 15 is 0 Å². The molecule has 1 atom stereocenters. The van der Waals surface area contributed by atoms with Gasteiger partial charge in [0.15, 0.2) is 0 Å². The highest BCUT2D eigenvalue weighted by molar-refractivity contribution is 7.17. The van der Waals surface area contributed by atoms with E-state index in [1.165, 1.54) is 16.7 Å². The van der Waals surface area contributed by atoms with Crippen LogP contribution in [0.25, 0.3) is 10.4 Å². The minimum atomic E-state index is 0.120. The Hall–Kier alpha value is -1.69. The first kappa shape index (κ1) is 15.8. The highest BCUT2D eigenvalue weighted by Crippen LogP contribution is 2.34. The predicted octanol–water partition coefficient (Wildman–Crippen LogP) is 2.97. The molecule has 1 aromatic carbocycles. The van der Waals surface area contributed by atoms with Gasteiger partial charge in [0.2, 0.25) is 0 Å². The highest BCUT2D eigenvalue weighted by Gasteiger charge is 2.27. The highest BCUT2D eigenvalue weighted by atomic mass is 32.1. The molecular formula is C19H22N2O2S. The van der Waals surface area contributed by atoms with Crippen molar-refractivity contribution < 1.29 is 9.53 Å². The quantitative estimate of drug-likeness (QED) is 0.913. The summed E-state index contributed by atoms with van der Waals surface area (Å²) in [6, 6.07) is 8.81. The number of nitrogens with two attached hydrogens (primary N) is 1. The van der Waals surface area contributed by atoms with Crippen LogP contribution in [0.15, 0.2) is 24.3 Å². The summed E-state index contributed by atoms with van der Waals surface area (Å²) in [5.74, 6) is 0.123. The Morgan fingerprint density at radius 2 is 2.21 bits per heavy atom. The molecule has 0 bridgehead atoms. The smallest absolute Gasteiger partial charge is 0.264 e. The van der Waals surface area contributed by atoms with Crippen LogP contribution in [0.3, 0.4) is 0 Å². The zero-order valence-electron chi connectivity index (χ0n) is 13.9. The number of amides is 1. The van der Waals surface area contributed by atoms with E-state index in [4.69, 9.17) is 10.5 Å². The van der Waals surface area contributed by atoms with E-state index in [-0.39, 0.29) is 11.9 Å². The van der Waals surface area contributed by atoms with Crippen molar-refractivity contribution in [3.63, 3.8) is 0 Å². The third-order valence-electron chi connectivity index (χ3n) is 4.89. The molecule has 2 aliphatic heterocycles. The van der Waals surface area contributed by atoms with Gasteiger partial charge in [-0.25, -0.2) is 0 Å². The maximum absolute atomic E-state index is 12.8. The molecular weight excluding hydrogens is 320 g/mol. The summed E-state index contributed by atoms with van der Waals surface area (Å²) < 4.78 is 5.56. The number of nitrogens with zero attached hydrogens (tertiary/aromatic N) is 1. The molecule has 24 heavy (non-hydrogen) atoms. The lowest BCUT2D eigenvalue weighted by Gasteiger charge is -2.17. The second-order valence-electron chi connectivity index (χ2n) is 6.71. The van der Waals surface area contributed by atoms with E-state index in [1.54, 1.807) is 11.3 Å². The van der Waals surface area contributed by atoms with Gasteiger partial charge in [0.1, 0.15) is 0 Å². The van der Waals surface area contributed by atoms with Gasteiger partial charge >= 0.3 is 0 Å². The predicted molar refractivity (Wildman–Crippen MR) is 96.3 cm³/mol. The van der Waals surface area contributed by atoms with Crippen molar-refractivity contribution >= 4 is 17.2 Å². The maximum atomic E-state index is 12.8. The molecule has 2 aliphatic rings. The number of hydrogen-bond acceptors (Lipinski definition) is 4. The number of aryl methyl sites for hydroxylation is 1. The first-order valence-electron chi connectivity index (χ1n) is 8.47. The van der Waals surface area contributed by atoms with Gasteiger partial charge in [-0.1, -0.05) is 12.1 Å². The topological polar surface area (TPSA) is 55.6 Å². The molecule has 126 valence electrons. The molecule has 0 saturated carbocycles. The molecule has 4 rings (SSSR count). The molecule has 5 heteroatoms. The van der Waals surface area contributed by atoms with Crippen molar-refractivity contribution in [3.8, 4) is 10.4 Å². The van der Waals surface area contributed by atoms with Gasteiger partial charge < -0.3 is 15.4 Å². The van der Waals surface area contributed by atoms with Gasteiger partial charge in [-0.3, -0.25) is 4.79 Å². The van der Waals surface area contributed by atoms with Crippen molar-refractivity contribution in [3.05, 3.63) is 45.8 Å². The standard InChI is InChI=1S/C19H22N2O2S/c1-12-8-17(14-3-2-13-5-7-23-11-15(13)9-14)24-18(12)19(22)21-6-4-16(20)10-21/h2-3,8-9,16H,4-7,10-11,20H2,1H3/t16-/m0/s1. The van der Waals surface area contributed by atoms with Crippen LogP contribution in [0.2, 0.25) is 0 Å². The molecule has 2 N–H and O–H groups in total. The summed E-state index contributed by atoms with van der Waals surface area (Å²) in [5.41, 5.74) is 10.8. The van der Waals surface area contributed by atoms with Crippen LogP contribution in [-0.2, 0) is 17.8 Å². The largest absolute Gasteiger partial charge is 0.376 e. The Morgan fingerprint density at radius 1 is 1.33 bits per heavy atom. The van der Waals surface area contributed by atoms with E-state index in [1.807, 2.05) is 11.8 Å². The van der Waals surface area contributed by atoms with Gasteiger partial charge in [-0.05, 0) is 54.2 Å². The van der Waals surface area contributed by atoms with Crippen LogP contribution in [0.4, 0.5) is 0 Å². The number of thiophene rings is 1. The van der Waals surface area contributed by atoms with Crippen LogP contribution in [0.5, 0.6) is 0 Å². The second-order valence-corrected chi connectivity index (χ2v) is 7.76. The van der Waals surface area contributed by atoms with Crippen LogP contribution in [0, 0.1) is 6.92 Å². The summed E-state index contributed by atoms with van der Waals surface area (Å²) in [6.45, 7) is 4.95. The Balaban J connectivity index is 1.62. The molecule has 0 unspecified atom stereocenters. The molecule has 0 radical (unpaired) electrons. The van der Waals surface area contributed by atoms with Crippen molar-refractivity contribution in [2.75, 3.05) is 19.7 Å². The third-order valence-corrected chi connectivity index (χ3v) is 6.16. The zero-order valence-corrected chi connectivity index (χ0v) is 14.7. The fourth-order valence-corrected chi connectivity index (χ4v) is 4.61. The summed E-state index contributed by atoms with van der Waals surface area (Å²) >= 11 is 1.59. The summed E-state index contributed by atoms with van der Waals surface area (Å²) in [4.78, 5) is 16.6. The molecule has 2 aromatic rings. The number of rotatable bonds is 2. The van der Waals surface area contributed by atoms with Crippen LogP contribution in [-0.4, -0.2) is 36.5 Å². The van der Waals surface area contributed by atoms with Crippen LogP contribution < -0.4 is 5.73 Å². The first-order chi connectivity index (χ1) is 11.6. The molecule has 3 heterocycles. The number of likely N-dealkylation sites (tertiary alicyclic amines) is 1. The van der Waals surface area contributed by atoms with Gasteiger partial charge in [0, 0.05) is 24.0 Å². The average molecular weight is 342 g/mol. The van der Waals surface area contributed by atoms with Crippen molar-refractivity contribution in [2.24, 2.45) is 5.73 Å². The van der Waals surface area contributed by atoms with Crippen molar-refractivity contribution in [1.82, 2.24) is 4.90 Å². The summed E-state index contributed by atoms with van der Waals surface area (Å²) in [5, 5.41) is 0. The van der Waals surface area contributed by atoms with E-state index in [9.17, 15) is 4.79 Å². The van der Waals surface area contributed by atoms with E-state index < -0.39 is 0 Å². The van der Waals surface area contributed by atoms with E-state index in [2.05, 4.69) is 24.3 Å². The zero-order chi connectivity index (χ0) is 16.7. The van der Waals surface area contributed by atoms with Gasteiger partial charge in [0.25, 0.3) is 5.91 Å². The number of hydrogen-bond donors (Lipinski definition) is 1. The lowest BCUT2D eigenvalue weighted by molar-refractivity contribution is 0.0795. The second kappa shape index (κ2) is 6.31. The third kappa shape index (κ3) is 2.88. The fraction of sp³-hybridized carbons (Fsp3) is 0.421. The Labute approximate surface area is 146 Å². The molecule has 1 saturated heterocycles. The SMILES string of the molecule is Cc1cc(-c2ccc3c(c2)COCC3)sc1C(=O)N1CC[C@H](N)C1. The van der Waals surface area contributed by atoms with Gasteiger partial charge in [-0.2, -0.15) is 0 Å². The first-order valence-corrected chi connectivity index (χ1v) is 9.28. The van der Waals surface area contributed by atoms with Crippen molar-refractivity contribution in [1.29, 1.82) is 0 Å². The van der Waals surface area contributed by atoms with Crippen LogP contribution >= 0.6 is 11.3 Å². The minimum Gasteiger partial charge on any atom is -0.376 e. The van der Waals surface area contributed by atoms with Gasteiger partial charge in [0.05, 0.1) is 18.1 Å². The summed E-state index contributed by atoms with van der Waals surface area (Å²) in [6.07, 6.45) is 1.88. The maximum Gasteiger partial charge on any atom is 0.264 e. The molecule has 1 aromatic heterocycles.